The molecule has 0 saturated carbocycles. The van der Waals surface area contributed by atoms with Crippen molar-refractivity contribution in [2.75, 3.05) is 5.75 Å². The Morgan fingerprint density at radius 1 is 1.35 bits per heavy atom. The van der Waals surface area contributed by atoms with Crippen LogP contribution in [0.4, 0.5) is 0 Å². The summed E-state index contributed by atoms with van der Waals surface area (Å²) in [6.07, 6.45) is 6.51. The summed E-state index contributed by atoms with van der Waals surface area (Å²) in [6.45, 7) is 5.53. The monoisotopic (exact) mass is 250 g/mol. The normalized spacial score (nSPS) is 12.4. The van der Waals surface area contributed by atoms with Gasteiger partial charge in [0.05, 0.1) is 6.10 Å². The number of rotatable bonds is 8. The molecule has 1 aromatic carbocycles. The molecule has 0 bridgehead atoms. The Morgan fingerprint density at radius 2 is 2.18 bits per heavy atom. The van der Waals surface area contributed by atoms with Crippen LogP contribution in [0.25, 0.3) is 0 Å². The highest BCUT2D eigenvalue weighted by molar-refractivity contribution is 7.99. The van der Waals surface area contributed by atoms with E-state index in [0.29, 0.717) is 0 Å². The summed E-state index contributed by atoms with van der Waals surface area (Å²) in [5.74, 6) is 1.15. The number of aliphatic hydroxyl groups excluding tert-OH is 1. The summed E-state index contributed by atoms with van der Waals surface area (Å²) in [5, 5.41) is 9.50. The van der Waals surface area contributed by atoms with Crippen molar-refractivity contribution in [1.82, 2.24) is 0 Å². The largest absolute Gasteiger partial charge is 0.389 e. The van der Waals surface area contributed by atoms with Crippen LogP contribution in [0.1, 0.15) is 44.3 Å². The maximum atomic E-state index is 9.50. The van der Waals surface area contributed by atoms with Gasteiger partial charge in [-0.25, -0.2) is 0 Å². The van der Waals surface area contributed by atoms with E-state index >= 15 is 0 Å². The van der Waals surface area contributed by atoms with Crippen LogP contribution in [0.3, 0.4) is 0 Å². The third kappa shape index (κ3) is 5.94. The Balaban J connectivity index is 2.26. The first-order valence-electron chi connectivity index (χ1n) is 6.25. The van der Waals surface area contributed by atoms with Crippen molar-refractivity contribution in [3.63, 3.8) is 0 Å². The van der Waals surface area contributed by atoms with E-state index in [1.54, 1.807) is 6.92 Å². The molecule has 1 aromatic rings. The summed E-state index contributed by atoms with van der Waals surface area (Å²) < 4.78 is 0. The van der Waals surface area contributed by atoms with E-state index in [2.05, 4.69) is 18.7 Å². The number of unbranched alkanes of at least 4 members (excludes halogenated alkanes) is 3. The minimum atomic E-state index is -0.372. The zero-order valence-corrected chi connectivity index (χ0v) is 11.4. The van der Waals surface area contributed by atoms with E-state index in [9.17, 15) is 5.11 Å². The molecule has 0 spiro atoms. The Kier molecular flexibility index (Phi) is 7.06. The predicted octanol–water partition coefficient (Wildman–Crippen LogP) is 4.58. The van der Waals surface area contributed by atoms with Gasteiger partial charge in [0.1, 0.15) is 0 Å². The topological polar surface area (TPSA) is 20.2 Å². The highest BCUT2D eigenvalue weighted by Crippen LogP contribution is 2.23. The predicted molar refractivity (Wildman–Crippen MR) is 76.5 cm³/mol. The van der Waals surface area contributed by atoms with Crippen molar-refractivity contribution in [2.24, 2.45) is 0 Å². The van der Waals surface area contributed by atoms with Gasteiger partial charge in [-0.15, -0.1) is 18.3 Å². The molecule has 0 radical (unpaired) electrons. The number of thioether (sulfide) groups is 1. The van der Waals surface area contributed by atoms with Gasteiger partial charge >= 0.3 is 0 Å². The molecule has 1 unspecified atom stereocenters. The molecule has 17 heavy (non-hydrogen) atoms. The number of hydrogen-bond donors (Lipinski definition) is 1. The standard InChI is InChI=1S/C15H22OS/c1-3-4-5-6-7-11-17-15-10-8-9-14(12-15)13(2)16/h3,8-10,12-13,16H,1,4-7,11H2,2H3. The molecule has 0 amide bonds. The van der Waals surface area contributed by atoms with Gasteiger partial charge in [0, 0.05) is 4.90 Å². The van der Waals surface area contributed by atoms with Crippen LogP contribution >= 0.6 is 11.8 Å². The van der Waals surface area contributed by atoms with Gasteiger partial charge in [-0.2, -0.15) is 0 Å². The van der Waals surface area contributed by atoms with Gasteiger partial charge in [0.15, 0.2) is 0 Å². The number of allylic oxidation sites excluding steroid dienone is 1. The minimum absolute atomic E-state index is 0.372. The molecule has 94 valence electrons. The van der Waals surface area contributed by atoms with Crippen molar-refractivity contribution in [3.05, 3.63) is 42.5 Å². The lowest BCUT2D eigenvalue weighted by molar-refractivity contribution is 0.199. The Morgan fingerprint density at radius 3 is 2.88 bits per heavy atom. The van der Waals surface area contributed by atoms with E-state index in [4.69, 9.17) is 0 Å². The van der Waals surface area contributed by atoms with Crippen molar-refractivity contribution < 1.29 is 5.11 Å². The van der Waals surface area contributed by atoms with Gasteiger partial charge < -0.3 is 5.11 Å². The molecule has 1 N–H and O–H groups in total. The van der Waals surface area contributed by atoms with Crippen LogP contribution in [0, 0.1) is 0 Å². The molecule has 0 aliphatic carbocycles. The van der Waals surface area contributed by atoms with E-state index < -0.39 is 0 Å². The van der Waals surface area contributed by atoms with Gasteiger partial charge in [0.25, 0.3) is 0 Å². The summed E-state index contributed by atoms with van der Waals surface area (Å²) >= 11 is 1.87. The fourth-order valence-corrected chi connectivity index (χ4v) is 2.60. The fourth-order valence-electron chi connectivity index (χ4n) is 1.62. The van der Waals surface area contributed by atoms with Crippen molar-refractivity contribution >= 4 is 11.8 Å². The Labute approximate surface area is 109 Å². The van der Waals surface area contributed by atoms with E-state index in [1.165, 1.54) is 24.2 Å². The van der Waals surface area contributed by atoms with E-state index in [0.717, 1.165) is 17.7 Å². The maximum absolute atomic E-state index is 9.50. The second-order valence-corrected chi connectivity index (χ2v) is 5.40. The summed E-state index contributed by atoms with van der Waals surface area (Å²) in [5.41, 5.74) is 1.00. The molecule has 0 aliphatic heterocycles. The third-order valence-electron chi connectivity index (χ3n) is 2.66. The van der Waals surface area contributed by atoms with Gasteiger partial charge in [-0.3, -0.25) is 0 Å². The Bertz CT molecular complexity index is 333. The zero-order valence-electron chi connectivity index (χ0n) is 10.6. The highest BCUT2D eigenvalue weighted by Gasteiger charge is 2.01. The lowest BCUT2D eigenvalue weighted by atomic mass is 10.1. The zero-order chi connectivity index (χ0) is 12.5. The quantitative estimate of drug-likeness (QED) is 0.414. The van der Waals surface area contributed by atoms with Crippen LogP contribution in [0.5, 0.6) is 0 Å². The van der Waals surface area contributed by atoms with Gasteiger partial charge in [0.2, 0.25) is 0 Å². The first-order valence-corrected chi connectivity index (χ1v) is 7.24. The van der Waals surface area contributed by atoms with Crippen LogP contribution in [-0.4, -0.2) is 10.9 Å². The first kappa shape index (κ1) is 14.3. The molecule has 1 nitrogen and oxygen atoms in total. The minimum Gasteiger partial charge on any atom is -0.389 e. The van der Waals surface area contributed by atoms with Crippen molar-refractivity contribution in [2.45, 2.75) is 43.6 Å². The summed E-state index contributed by atoms with van der Waals surface area (Å²) in [7, 11) is 0. The smallest absolute Gasteiger partial charge is 0.0762 e. The molecule has 0 aliphatic rings. The molecule has 1 rings (SSSR count). The molecule has 1 atom stereocenters. The van der Waals surface area contributed by atoms with Crippen LogP contribution < -0.4 is 0 Å². The SMILES string of the molecule is C=CCCCCCSc1cccc(C(C)O)c1. The molecular formula is C15H22OS. The molecule has 0 heterocycles. The second kappa shape index (κ2) is 8.37. The molecule has 0 fully saturated rings. The Hall–Kier alpha value is -0.730. The third-order valence-corrected chi connectivity index (χ3v) is 3.74. The summed E-state index contributed by atoms with van der Waals surface area (Å²) in [4.78, 5) is 1.26. The van der Waals surface area contributed by atoms with E-state index in [-0.39, 0.29) is 6.10 Å². The number of aliphatic hydroxyl groups is 1. The molecule has 2 heteroatoms. The second-order valence-electron chi connectivity index (χ2n) is 4.23. The molecule has 0 saturated heterocycles. The van der Waals surface area contributed by atoms with Crippen molar-refractivity contribution in [3.8, 4) is 0 Å². The highest BCUT2D eigenvalue weighted by atomic mass is 32.2. The average Bonchev–Trinajstić information content (AvgIpc) is 2.34. The molecular weight excluding hydrogens is 228 g/mol. The first-order chi connectivity index (χ1) is 8.24. The van der Waals surface area contributed by atoms with Crippen LogP contribution in [0.15, 0.2) is 41.8 Å². The maximum Gasteiger partial charge on any atom is 0.0762 e. The molecule has 0 aromatic heterocycles. The van der Waals surface area contributed by atoms with Crippen LogP contribution in [0.2, 0.25) is 0 Å². The van der Waals surface area contributed by atoms with Gasteiger partial charge in [-0.1, -0.05) is 24.6 Å². The van der Waals surface area contributed by atoms with Crippen LogP contribution in [-0.2, 0) is 0 Å². The lowest BCUT2D eigenvalue weighted by Gasteiger charge is -2.07. The van der Waals surface area contributed by atoms with Crippen molar-refractivity contribution in [1.29, 1.82) is 0 Å². The summed E-state index contributed by atoms with van der Waals surface area (Å²) in [6, 6.07) is 8.18. The number of benzene rings is 1. The number of hydrogen-bond acceptors (Lipinski definition) is 2. The average molecular weight is 250 g/mol. The lowest BCUT2D eigenvalue weighted by Crippen LogP contribution is -1.90. The van der Waals surface area contributed by atoms with Gasteiger partial charge in [-0.05, 0) is 49.6 Å². The fraction of sp³-hybridized carbons (Fsp3) is 0.467. The van der Waals surface area contributed by atoms with E-state index in [1.807, 2.05) is 30.0 Å².